The Morgan fingerprint density at radius 2 is 1.92 bits per heavy atom. The van der Waals surface area contributed by atoms with Crippen LogP contribution >= 0.6 is 0 Å². The lowest BCUT2D eigenvalue weighted by atomic mass is 10.6. The molecule has 1 heterocycles. The molecule has 13 heavy (non-hydrogen) atoms. The van der Waals surface area contributed by atoms with Crippen LogP contribution in [0, 0.1) is 6.92 Å². The molecular weight excluding hydrogens is 170 g/mol. The summed E-state index contributed by atoms with van der Waals surface area (Å²) in [5.41, 5.74) is 0. The first-order chi connectivity index (χ1) is 6.16. The topological polar surface area (TPSA) is 57.0 Å². The lowest BCUT2D eigenvalue weighted by molar-refractivity contribution is 0.0582. The van der Waals surface area contributed by atoms with Gasteiger partial charge in [0.25, 0.3) is 0 Å². The highest BCUT2D eigenvalue weighted by Gasteiger charge is 2.13. The van der Waals surface area contributed by atoms with Crippen LogP contribution in [-0.2, 0) is 11.8 Å². The predicted octanol–water partition coefficient (Wildman–Crippen LogP) is 0.936. The number of rotatable bonds is 1. The van der Waals surface area contributed by atoms with Crippen LogP contribution in [0.5, 0.6) is 0 Å². The summed E-state index contributed by atoms with van der Waals surface area (Å²) in [5.74, 6) is 0.448. The molecule has 0 N–H and O–H groups in total. The van der Waals surface area contributed by atoms with Gasteiger partial charge >= 0.3 is 5.97 Å². The third-order valence-electron chi connectivity index (χ3n) is 1.46. The number of aromatic nitrogens is 3. The lowest BCUT2D eigenvalue weighted by Crippen LogP contribution is -2.09. The number of aryl methyl sites for hydroxylation is 1. The van der Waals surface area contributed by atoms with Gasteiger partial charge in [-0.25, -0.2) is 4.79 Å². The average Bonchev–Trinajstić information content (AvgIpc) is 2.50. The molecule has 0 aromatic carbocycles. The van der Waals surface area contributed by atoms with E-state index in [4.69, 9.17) is 0 Å². The monoisotopic (exact) mass is 185 g/mol. The largest absolute Gasteiger partial charge is 0.463 e. The van der Waals surface area contributed by atoms with Crippen LogP contribution in [0.2, 0.25) is 0 Å². The van der Waals surface area contributed by atoms with Crippen LogP contribution < -0.4 is 0 Å². The van der Waals surface area contributed by atoms with E-state index in [1.165, 1.54) is 7.11 Å². The highest BCUT2D eigenvalue weighted by molar-refractivity contribution is 5.85. The second kappa shape index (κ2) is 5.29. The average molecular weight is 185 g/mol. The summed E-state index contributed by atoms with van der Waals surface area (Å²) in [6.07, 6.45) is 0. The normalized spacial score (nSPS) is 8.69. The van der Waals surface area contributed by atoms with E-state index in [-0.39, 0.29) is 5.82 Å². The van der Waals surface area contributed by atoms with Gasteiger partial charge in [0, 0.05) is 7.05 Å². The number of carbonyl (C=O) groups is 1. The first-order valence-electron chi connectivity index (χ1n) is 4.11. The Morgan fingerprint density at radius 1 is 1.38 bits per heavy atom. The molecule has 0 atom stereocenters. The molecule has 0 saturated heterocycles. The molecule has 5 heteroatoms. The van der Waals surface area contributed by atoms with E-state index in [9.17, 15) is 4.79 Å². The van der Waals surface area contributed by atoms with Crippen molar-refractivity contribution in [3.8, 4) is 0 Å². The van der Waals surface area contributed by atoms with Crippen molar-refractivity contribution in [1.29, 1.82) is 0 Å². The molecule has 0 unspecified atom stereocenters. The minimum absolute atomic E-state index is 0.227. The van der Waals surface area contributed by atoms with Crippen molar-refractivity contribution in [3.63, 3.8) is 0 Å². The highest BCUT2D eigenvalue weighted by Crippen LogP contribution is 1.98. The molecule has 0 saturated carbocycles. The molecule has 0 spiro atoms. The van der Waals surface area contributed by atoms with Crippen molar-refractivity contribution in [2.75, 3.05) is 7.11 Å². The van der Waals surface area contributed by atoms with Crippen molar-refractivity contribution in [1.82, 2.24) is 14.8 Å². The maximum atomic E-state index is 10.9. The van der Waals surface area contributed by atoms with Gasteiger partial charge in [0.1, 0.15) is 5.82 Å². The smallest absolute Gasteiger partial charge is 0.376 e. The van der Waals surface area contributed by atoms with Crippen molar-refractivity contribution in [3.05, 3.63) is 11.6 Å². The van der Waals surface area contributed by atoms with E-state index < -0.39 is 5.97 Å². The van der Waals surface area contributed by atoms with Crippen molar-refractivity contribution in [2.45, 2.75) is 20.8 Å². The Labute approximate surface area is 77.7 Å². The maximum absolute atomic E-state index is 10.9. The zero-order valence-corrected chi connectivity index (χ0v) is 8.66. The fraction of sp³-hybridized carbons (Fsp3) is 0.625. The van der Waals surface area contributed by atoms with Gasteiger partial charge in [-0.15, -0.1) is 10.2 Å². The van der Waals surface area contributed by atoms with Crippen LogP contribution in [0.25, 0.3) is 0 Å². The Hall–Kier alpha value is -1.39. The Bertz CT molecular complexity index is 281. The number of carbonyl (C=O) groups excluding carboxylic acids is 1. The van der Waals surface area contributed by atoms with Crippen LogP contribution in [0.15, 0.2) is 0 Å². The Balaban J connectivity index is 0.000000671. The molecule has 1 rings (SSSR count). The molecule has 1 aromatic heterocycles. The highest BCUT2D eigenvalue weighted by atomic mass is 16.5. The zero-order valence-electron chi connectivity index (χ0n) is 8.66. The van der Waals surface area contributed by atoms with Gasteiger partial charge in [-0.05, 0) is 6.92 Å². The Kier molecular flexibility index (Phi) is 4.72. The number of esters is 1. The number of hydrogen-bond acceptors (Lipinski definition) is 4. The maximum Gasteiger partial charge on any atom is 0.376 e. The summed E-state index contributed by atoms with van der Waals surface area (Å²) in [6, 6.07) is 0. The molecule has 0 fully saturated rings. The molecular formula is C8H15N3O2. The quantitative estimate of drug-likeness (QED) is 0.611. The van der Waals surface area contributed by atoms with Gasteiger partial charge in [0.05, 0.1) is 7.11 Å². The number of hydrogen-bond donors (Lipinski definition) is 0. The summed E-state index contributed by atoms with van der Waals surface area (Å²) >= 11 is 0. The van der Waals surface area contributed by atoms with Crippen molar-refractivity contribution < 1.29 is 9.53 Å². The molecule has 5 nitrogen and oxygen atoms in total. The summed E-state index contributed by atoms with van der Waals surface area (Å²) in [7, 11) is 3.02. The van der Waals surface area contributed by atoms with E-state index in [0.717, 1.165) is 0 Å². The van der Waals surface area contributed by atoms with Crippen LogP contribution in [0.4, 0.5) is 0 Å². The van der Waals surface area contributed by atoms with Gasteiger partial charge in [-0.2, -0.15) is 0 Å². The summed E-state index contributed by atoms with van der Waals surface area (Å²) in [5, 5.41) is 7.32. The number of ether oxygens (including phenoxy) is 1. The van der Waals surface area contributed by atoms with Gasteiger partial charge in [0.2, 0.25) is 5.82 Å². The van der Waals surface area contributed by atoms with Crippen LogP contribution in [-0.4, -0.2) is 27.8 Å². The molecule has 1 aromatic rings. The predicted molar refractivity (Wildman–Crippen MR) is 48.4 cm³/mol. The standard InChI is InChI=1S/C6H9N3O2.C2H6/c1-4-7-8-5(9(4)2)6(10)11-3;1-2/h1-3H3;1-2H3. The Morgan fingerprint density at radius 3 is 2.23 bits per heavy atom. The van der Waals surface area contributed by atoms with Crippen molar-refractivity contribution in [2.24, 2.45) is 7.05 Å². The molecule has 74 valence electrons. The van der Waals surface area contributed by atoms with E-state index in [1.54, 1.807) is 18.5 Å². The number of methoxy groups -OCH3 is 1. The third kappa shape index (κ3) is 2.54. The molecule has 0 aliphatic carbocycles. The summed E-state index contributed by atoms with van der Waals surface area (Å²) in [4.78, 5) is 10.9. The van der Waals surface area contributed by atoms with Gasteiger partial charge in [-0.1, -0.05) is 13.8 Å². The first kappa shape index (κ1) is 11.6. The molecule has 0 bridgehead atoms. The van der Waals surface area contributed by atoms with Crippen molar-refractivity contribution >= 4 is 5.97 Å². The van der Waals surface area contributed by atoms with E-state index in [1.807, 2.05) is 13.8 Å². The zero-order chi connectivity index (χ0) is 10.4. The minimum Gasteiger partial charge on any atom is -0.463 e. The summed E-state index contributed by atoms with van der Waals surface area (Å²) < 4.78 is 6.04. The molecule has 0 aliphatic rings. The van der Waals surface area contributed by atoms with Gasteiger partial charge in [-0.3, -0.25) is 0 Å². The second-order valence-electron chi connectivity index (χ2n) is 2.12. The molecule has 0 radical (unpaired) electrons. The van der Waals surface area contributed by atoms with Crippen LogP contribution in [0.3, 0.4) is 0 Å². The van der Waals surface area contributed by atoms with E-state index in [0.29, 0.717) is 5.82 Å². The fourth-order valence-corrected chi connectivity index (χ4v) is 0.676. The van der Waals surface area contributed by atoms with Crippen LogP contribution in [0.1, 0.15) is 30.3 Å². The van der Waals surface area contributed by atoms with E-state index >= 15 is 0 Å². The third-order valence-corrected chi connectivity index (χ3v) is 1.46. The molecule has 0 amide bonds. The minimum atomic E-state index is -0.465. The van der Waals surface area contributed by atoms with Gasteiger partial charge in [0.15, 0.2) is 0 Å². The first-order valence-corrected chi connectivity index (χ1v) is 4.11. The van der Waals surface area contributed by atoms with Gasteiger partial charge < -0.3 is 9.30 Å². The number of nitrogens with zero attached hydrogens (tertiary/aromatic N) is 3. The fourth-order valence-electron chi connectivity index (χ4n) is 0.676. The second-order valence-corrected chi connectivity index (χ2v) is 2.12. The summed E-state index contributed by atoms with van der Waals surface area (Å²) in [6.45, 7) is 5.76. The molecule has 0 aliphatic heterocycles. The lowest BCUT2D eigenvalue weighted by Gasteiger charge is -1.97. The van der Waals surface area contributed by atoms with E-state index in [2.05, 4.69) is 14.9 Å². The SMILES string of the molecule is CC.COC(=O)c1nnc(C)n1C.